The molecule has 1 aliphatic carbocycles. The predicted molar refractivity (Wildman–Crippen MR) is 82.7 cm³/mol. The molecule has 4 fully saturated rings. The van der Waals surface area contributed by atoms with Crippen LogP contribution in [0.1, 0.15) is 47.8 Å². The highest BCUT2D eigenvalue weighted by atomic mass is 16.4. The van der Waals surface area contributed by atoms with Crippen molar-refractivity contribution in [3.8, 4) is 0 Å². The standard InChI is InChI=1S/C17H25N3O2/c1-11-16(22-12(2)18-11)17(21)20-9-14-5-6-15(10-20)19(8-14)7-13-3-4-13/h13-15H,3-10H2,1-2H3/t14-,15-/m0/s1. The van der Waals surface area contributed by atoms with Gasteiger partial charge in [-0.3, -0.25) is 9.69 Å². The molecule has 0 aromatic carbocycles. The molecular formula is C17H25N3O2. The summed E-state index contributed by atoms with van der Waals surface area (Å²) in [5.74, 6) is 2.58. The van der Waals surface area contributed by atoms with Crippen LogP contribution in [-0.2, 0) is 0 Å². The number of rotatable bonds is 3. The Morgan fingerprint density at radius 3 is 2.68 bits per heavy atom. The molecule has 4 aliphatic rings. The van der Waals surface area contributed by atoms with Gasteiger partial charge in [0.15, 0.2) is 5.89 Å². The number of aromatic nitrogens is 1. The minimum absolute atomic E-state index is 0.0308. The van der Waals surface area contributed by atoms with E-state index in [0.717, 1.165) is 19.0 Å². The summed E-state index contributed by atoms with van der Waals surface area (Å²) in [6.07, 6.45) is 5.28. The number of nitrogens with zero attached hydrogens (tertiary/aromatic N) is 3. The Kier molecular flexibility index (Phi) is 3.48. The van der Waals surface area contributed by atoms with Crippen molar-refractivity contribution in [3.05, 3.63) is 17.3 Å². The normalized spacial score (nSPS) is 28.9. The van der Waals surface area contributed by atoms with Gasteiger partial charge in [-0.25, -0.2) is 4.98 Å². The Bertz CT molecular complexity index is 578. The van der Waals surface area contributed by atoms with Crippen molar-refractivity contribution in [1.82, 2.24) is 14.8 Å². The smallest absolute Gasteiger partial charge is 0.291 e. The fourth-order valence-corrected chi connectivity index (χ4v) is 4.07. The van der Waals surface area contributed by atoms with E-state index in [1.165, 1.54) is 38.8 Å². The van der Waals surface area contributed by atoms with Gasteiger partial charge in [0.05, 0.1) is 5.69 Å². The molecule has 22 heavy (non-hydrogen) atoms. The first-order valence-electron chi connectivity index (χ1n) is 8.57. The van der Waals surface area contributed by atoms with Crippen molar-refractivity contribution in [2.45, 2.75) is 45.6 Å². The maximum absolute atomic E-state index is 12.8. The lowest BCUT2D eigenvalue weighted by Gasteiger charge is -2.36. The Labute approximate surface area is 131 Å². The van der Waals surface area contributed by atoms with Crippen LogP contribution in [-0.4, -0.2) is 52.9 Å². The van der Waals surface area contributed by atoms with Crippen LogP contribution < -0.4 is 0 Å². The third-order valence-corrected chi connectivity index (χ3v) is 5.40. The number of carbonyl (C=O) groups excluding carboxylic acids is 1. The van der Waals surface area contributed by atoms with Gasteiger partial charge in [0, 0.05) is 39.1 Å². The van der Waals surface area contributed by atoms with E-state index in [1.54, 1.807) is 6.92 Å². The average molecular weight is 303 g/mol. The van der Waals surface area contributed by atoms with Crippen molar-refractivity contribution >= 4 is 5.91 Å². The molecule has 5 rings (SSSR count). The number of carbonyl (C=O) groups is 1. The molecule has 0 N–H and O–H groups in total. The third-order valence-electron chi connectivity index (χ3n) is 5.40. The van der Waals surface area contributed by atoms with Crippen LogP contribution in [0.15, 0.2) is 4.42 Å². The Hall–Kier alpha value is -1.36. The Balaban J connectivity index is 1.51. The van der Waals surface area contributed by atoms with Gasteiger partial charge >= 0.3 is 0 Å². The molecule has 5 heteroatoms. The minimum Gasteiger partial charge on any atom is -0.436 e. The fraction of sp³-hybridized carbons (Fsp3) is 0.765. The van der Waals surface area contributed by atoms with E-state index in [9.17, 15) is 4.79 Å². The van der Waals surface area contributed by atoms with E-state index in [4.69, 9.17) is 4.42 Å². The molecule has 1 saturated carbocycles. The number of aryl methyl sites for hydroxylation is 2. The molecule has 0 unspecified atom stereocenters. The highest BCUT2D eigenvalue weighted by molar-refractivity contribution is 5.92. The molecule has 1 aromatic rings. The van der Waals surface area contributed by atoms with Gasteiger partial charge in [-0.05, 0) is 44.4 Å². The first kappa shape index (κ1) is 14.2. The summed E-state index contributed by atoms with van der Waals surface area (Å²) in [6.45, 7) is 7.78. The van der Waals surface area contributed by atoms with Gasteiger partial charge in [0.25, 0.3) is 5.91 Å². The lowest BCUT2D eigenvalue weighted by molar-refractivity contribution is 0.0702. The van der Waals surface area contributed by atoms with Gasteiger partial charge in [0.1, 0.15) is 0 Å². The second kappa shape index (κ2) is 5.37. The van der Waals surface area contributed by atoms with Gasteiger partial charge in [-0.2, -0.15) is 0 Å². The number of hydrogen-bond donors (Lipinski definition) is 0. The van der Waals surface area contributed by atoms with Crippen LogP contribution in [0.25, 0.3) is 0 Å². The molecular weight excluding hydrogens is 278 g/mol. The van der Waals surface area contributed by atoms with Crippen LogP contribution in [0.4, 0.5) is 0 Å². The summed E-state index contributed by atoms with van der Waals surface area (Å²) >= 11 is 0. The zero-order valence-electron chi connectivity index (χ0n) is 13.5. The molecule has 1 amide bonds. The average Bonchev–Trinajstić information content (AvgIpc) is 3.27. The minimum atomic E-state index is 0.0308. The van der Waals surface area contributed by atoms with Crippen LogP contribution in [0, 0.1) is 25.7 Å². The zero-order chi connectivity index (χ0) is 15.3. The summed E-state index contributed by atoms with van der Waals surface area (Å²) in [7, 11) is 0. The molecule has 120 valence electrons. The van der Waals surface area contributed by atoms with Crippen molar-refractivity contribution in [2.24, 2.45) is 11.8 Å². The number of piperidine rings is 1. The monoisotopic (exact) mass is 303 g/mol. The molecule has 4 heterocycles. The quantitative estimate of drug-likeness (QED) is 0.859. The first-order valence-corrected chi connectivity index (χ1v) is 8.57. The molecule has 5 nitrogen and oxygen atoms in total. The molecule has 0 spiro atoms. The van der Waals surface area contributed by atoms with Gasteiger partial charge in [-0.1, -0.05) is 0 Å². The molecule has 0 radical (unpaired) electrons. The predicted octanol–water partition coefficient (Wildman–Crippen LogP) is 2.24. The molecule has 2 bridgehead atoms. The fourth-order valence-electron chi connectivity index (χ4n) is 4.07. The summed E-state index contributed by atoms with van der Waals surface area (Å²) in [4.78, 5) is 21.7. The van der Waals surface area contributed by atoms with E-state index >= 15 is 0 Å². The first-order chi connectivity index (χ1) is 10.6. The highest BCUT2D eigenvalue weighted by Gasteiger charge is 2.39. The number of fused-ring (bicyclic) bond motifs is 4. The number of amides is 1. The van der Waals surface area contributed by atoms with Gasteiger partial charge in [-0.15, -0.1) is 0 Å². The third kappa shape index (κ3) is 2.67. The van der Waals surface area contributed by atoms with Crippen molar-refractivity contribution in [1.29, 1.82) is 0 Å². The summed E-state index contributed by atoms with van der Waals surface area (Å²) < 4.78 is 5.55. The van der Waals surface area contributed by atoms with E-state index < -0.39 is 0 Å². The second-order valence-electron chi connectivity index (χ2n) is 7.35. The largest absolute Gasteiger partial charge is 0.436 e. The number of oxazole rings is 1. The van der Waals surface area contributed by atoms with E-state index in [0.29, 0.717) is 29.3 Å². The highest BCUT2D eigenvalue weighted by Crippen LogP contribution is 2.35. The molecule has 2 atom stereocenters. The van der Waals surface area contributed by atoms with E-state index in [2.05, 4.69) is 9.88 Å². The lowest BCUT2D eigenvalue weighted by Crippen LogP contribution is -2.45. The SMILES string of the molecule is Cc1nc(C)c(C(=O)N2C[C@H]3CC[C@@H](C2)N(CC2CC2)C3)o1. The maximum Gasteiger partial charge on any atom is 0.291 e. The topological polar surface area (TPSA) is 49.6 Å². The zero-order valence-corrected chi connectivity index (χ0v) is 13.5. The Morgan fingerprint density at radius 1 is 1.18 bits per heavy atom. The summed E-state index contributed by atoms with van der Waals surface area (Å²) in [6, 6.07) is 0.535. The molecule has 1 aromatic heterocycles. The van der Waals surface area contributed by atoms with Gasteiger partial charge < -0.3 is 9.32 Å². The van der Waals surface area contributed by atoms with Crippen LogP contribution in [0.3, 0.4) is 0 Å². The maximum atomic E-state index is 12.8. The van der Waals surface area contributed by atoms with Gasteiger partial charge in [0.2, 0.25) is 5.76 Å². The van der Waals surface area contributed by atoms with Crippen molar-refractivity contribution in [2.75, 3.05) is 26.2 Å². The van der Waals surface area contributed by atoms with E-state index in [1.807, 2.05) is 11.8 Å². The number of hydrogen-bond acceptors (Lipinski definition) is 4. The Morgan fingerprint density at radius 2 is 2.00 bits per heavy atom. The van der Waals surface area contributed by atoms with Crippen LogP contribution in [0.2, 0.25) is 0 Å². The van der Waals surface area contributed by atoms with E-state index in [-0.39, 0.29) is 5.91 Å². The summed E-state index contributed by atoms with van der Waals surface area (Å²) in [5.41, 5.74) is 0.717. The van der Waals surface area contributed by atoms with Crippen molar-refractivity contribution < 1.29 is 9.21 Å². The van der Waals surface area contributed by atoms with Crippen LogP contribution >= 0.6 is 0 Å². The second-order valence-corrected chi connectivity index (χ2v) is 7.35. The molecule has 3 saturated heterocycles. The summed E-state index contributed by atoms with van der Waals surface area (Å²) in [5, 5.41) is 0. The lowest BCUT2D eigenvalue weighted by atomic mass is 9.95. The van der Waals surface area contributed by atoms with Crippen LogP contribution in [0.5, 0.6) is 0 Å². The van der Waals surface area contributed by atoms with Crippen molar-refractivity contribution in [3.63, 3.8) is 0 Å². The molecule has 3 aliphatic heterocycles.